The minimum atomic E-state index is -0.291. The van der Waals surface area contributed by atoms with E-state index in [0.717, 1.165) is 5.69 Å². The molecule has 0 fully saturated rings. The SMILES string of the molecule is CC(C)c1ncc(Cl)c(C(=O)NCCc2ccccn2)n1. The van der Waals surface area contributed by atoms with Gasteiger partial charge < -0.3 is 5.32 Å². The number of hydrogen-bond donors (Lipinski definition) is 1. The second-order valence-electron chi connectivity index (χ2n) is 4.91. The highest BCUT2D eigenvalue weighted by atomic mass is 35.5. The number of carbonyl (C=O) groups excluding carboxylic acids is 1. The van der Waals surface area contributed by atoms with Crippen molar-refractivity contribution in [3.63, 3.8) is 0 Å². The highest BCUT2D eigenvalue weighted by Crippen LogP contribution is 2.16. The van der Waals surface area contributed by atoms with Crippen LogP contribution in [-0.2, 0) is 6.42 Å². The molecule has 0 radical (unpaired) electrons. The number of carbonyl (C=O) groups is 1. The molecular weight excluding hydrogens is 288 g/mol. The molecule has 0 saturated heterocycles. The predicted octanol–water partition coefficient (Wildman–Crippen LogP) is 2.62. The van der Waals surface area contributed by atoms with Gasteiger partial charge in [0.2, 0.25) is 0 Å². The van der Waals surface area contributed by atoms with Crippen LogP contribution in [0.25, 0.3) is 0 Å². The number of hydrogen-bond acceptors (Lipinski definition) is 4. The molecule has 110 valence electrons. The Balaban J connectivity index is 1.98. The fourth-order valence-corrected chi connectivity index (χ4v) is 1.93. The second kappa shape index (κ2) is 7.13. The summed E-state index contributed by atoms with van der Waals surface area (Å²) >= 11 is 5.99. The summed E-state index contributed by atoms with van der Waals surface area (Å²) in [5.74, 6) is 0.455. The predicted molar refractivity (Wildman–Crippen MR) is 81.4 cm³/mol. The van der Waals surface area contributed by atoms with Crippen LogP contribution in [0.1, 0.15) is 41.8 Å². The Morgan fingerprint density at radius 3 is 2.81 bits per heavy atom. The molecule has 0 aliphatic heterocycles. The van der Waals surface area contributed by atoms with Gasteiger partial charge in [0.25, 0.3) is 5.91 Å². The van der Waals surface area contributed by atoms with Crippen molar-refractivity contribution in [2.24, 2.45) is 0 Å². The lowest BCUT2D eigenvalue weighted by atomic mass is 10.2. The first-order chi connectivity index (χ1) is 10.1. The number of amides is 1. The molecule has 2 aromatic rings. The Labute approximate surface area is 128 Å². The summed E-state index contributed by atoms with van der Waals surface area (Å²) in [4.78, 5) is 24.7. The lowest BCUT2D eigenvalue weighted by Gasteiger charge is -2.08. The van der Waals surface area contributed by atoms with Crippen LogP contribution in [0.2, 0.25) is 5.02 Å². The van der Waals surface area contributed by atoms with Gasteiger partial charge in [-0.2, -0.15) is 0 Å². The molecule has 0 aromatic carbocycles. The van der Waals surface area contributed by atoms with Crippen LogP contribution < -0.4 is 5.32 Å². The number of rotatable bonds is 5. The van der Waals surface area contributed by atoms with Crippen molar-refractivity contribution in [1.29, 1.82) is 0 Å². The van der Waals surface area contributed by atoms with E-state index < -0.39 is 0 Å². The summed E-state index contributed by atoms with van der Waals surface area (Å²) in [6.45, 7) is 4.41. The lowest BCUT2D eigenvalue weighted by molar-refractivity contribution is 0.0948. The Morgan fingerprint density at radius 1 is 1.33 bits per heavy atom. The molecule has 1 amide bonds. The summed E-state index contributed by atoms with van der Waals surface area (Å²) in [5, 5.41) is 3.06. The van der Waals surface area contributed by atoms with Gasteiger partial charge in [0.15, 0.2) is 0 Å². The largest absolute Gasteiger partial charge is 0.350 e. The highest BCUT2D eigenvalue weighted by molar-refractivity contribution is 6.33. The lowest BCUT2D eigenvalue weighted by Crippen LogP contribution is -2.27. The van der Waals surface area contributed by atoms with Crippen molar-refractivity contribution >= 4 is 17.5 Å². The van der Waals surface area contributed by atoms with Gasteiger partial charge in [0, 0.05) is 30.8 Å². The monoisotopic (exact) mass is 304 g/mol. The number of aromatic nitrogens is 3. The number of nitrogens with one attached hydrogen (secondary N) is 1. The molecule has 0 saturated carbocycles. The van der Waals surface area contributed by atoms with Crippen LogP contribution in [0.3, 0.4) is 0 Å². The third kappa shape index (κ3) is 4.23. The fraction of sp³-hybridized carbons (Fsp3) is 0.333. The second-order valence-corrected chi connectivity index (χ2v) is 5.31. The van der Waals surface area contributed by atoms with Crippen LogP contribution in [-0.4, -0.2) is 27.4 Å². The Morgan fingerprint density at radius 2 is 2.14 bits per heavy atom. The first-order valence-electron chi connectivity index (χ1n) is 6.78. The van der Waals surface area contributed by atoms with Gasteiger partial charge in [0.1, 0.15) is 11.5 Å². The molecule has 0 atom stereocenters. The van der Waals surface area contributed by atoms with Crippen molar-refractivity contribution in [3.05, 3.63) is 52.8 Å². The maximum atomic E-state index is 12.1. The van der Waals surface area contributed by atoms with Crippen molar-refractivity contribution < 1.29 is 4.79 Å². The molecule has 0 bridgehead atoms. The minimum Gasteiger partial charge on any atom is -0.350 e. The fourth-order valence-electron chi connectivity index (χ4n) is 1.75. The van der Waals surface area contributed by atoms with E-state index in [-0.39, 0.29) is 22.5 Å². The van der Waals surface area contributed by atoms with Gasteiger partial charge in [0.05, 0.1) is 11.2 Å². The number of pyridine rings is 1. The van der Waals surface area contributed by atoms with Gasteiger partial charge in [-0.05, 0) is 12.1 Å². The topological polar surface area (TPSA) is 67.8 Å². The first kappa shape index (κ1) is 15.4. The first-order valence-corrected chi connectivity index (χ1v) is 7.16. The van der Waals surface area contributed by atoms with Crippen LogP contribution in [0.15, 0.2) is 30.6 Å². The summed E-state index contributed by atoms with van der Waals surface area (Å²) in [5.41, 5.74) is 1.14. The van der Waals surface area contributed by atoms with Gasteiger partial charge in [-0.3, -0.25) is 9.78 Å². The van der Waals surface area contributed by atoms with Crippen molar-refractivity contribution in [2.75, 3.05) is 6.54 Å². The van der Waals surface area contributed by atoms with Crippen molar-refractivity contribution in [3.8, 4) is 0 Å². The van der Waals surface area contributed by atoms with Crippen LogP contribution in [0.4, 0.5) is 0 Å². The van der Waals surface area contributed by atoms with E-state index in [1.807, 2.05) is 32.0 Å². The Hall–Kier alpha value is -2.01. The molecule has 5 nitrogen and oxygen atoms in total. The Bertz CT molecular complexity index is 616. The van der Waals surface area contributed by atoms with E-state index in [2.05, 4.69) is 20.3 Å². The zero-order valence-corrected chi connectivity index (χ0v) is 12.8. The summed E-state index contributed by atoms with van der Waals surface area (Å²) in [6.07, 6.45) is 3.86. The van der Waals surface area contributed by atoms with Gasteiger partial charge in [-0.1, -0.05) is 31.5 Å². The number of nitrogens with zero attached hydrogens (tertiary/aromatic N) is 3. The quantitative estimate of drug-likeness (QED) is 0.922. The molecule has 0 aliphatic rings. The van der Waals surface area contributed by atoms with Crippen LogP contribution >= 0.6 is 11.6 Å². The van der Waals surface area contributed by atoms with Crippen molar-refractivity contribution in [2.45, 2.75) is 26.2 Å². The van der Waals surface area contributed by atoms with E-state index >= 15 is 0 Å². The third-order valence-corrected chi connectivity index (χ3v) is 3.16. The van der Waals surface area contributed by atoms with Crippen LogP contribution in [0, 0.1) is 0 Å². The molecule has 2 rings (SSSR count). The molecule has 6 heteroatoms. The van der Waals surface area contributed by atoms with Crippen LogP contribution in [0.5, 0.6) is 0 Å². The Kier molecular flexibility index (Phi) is 5.22. The average molecular weight is 305 g/mol. The highest BCUT2D eigenvalue weighted by Gasteiger charge is 2.15. The van der Waals surface area contributed by atoms with Crippen molar-refractivity contribution in [1.82, 2.24) is 20.3 Å². The van der Waals surface area contributed by atoms with E-state index in [1.165, 1.54) is 6.20 Å². The third-order valence-electron chi connectivity index (χ3n) is 2.89. The van der Waals surface area contributed by atoms with E-state index in [4.69, 9.17) is 11.6 Å². The van der Waals surface area contributed by atoms with E-state index in [1.54, 1.807) is 6.20 Å². The maximum absolute atomic E-state index is 12.1. The zero-order chi connectivity index (χ0) is 15.2. The summed E-state index contributed by atoms with van der Waals surface area (Å²) in [6, 6.07) is 5.69. The molecule has 2 aromatic heterocycles. The van der Waals surface area contributed by atoms with Gasteiger partial charge in [-0.25, -0.2) is 9.97 Å². The summed E-state index contributed by atoms with van der Waals surface area (Å²) < 4.78 is 0. The molecule has 0 spiro atoms. The molecule has 0 aliphatic carbocycles. The standard InChI is InChI=1S/C15H17ClN4O/c1-10(2)14-19-9-12(16)13(20-14)15(21)18-8-6-11-5-3-4-7-17-11/h3-5,7,9-10H,6,8H2,1-2H3,(H,18,21). The minimum absolute atomic E-state index is 0.141. The van der Waals surface area contributed by atoms with E-state index in [0.29, 0.717) is 18.8 Å². The smallest absolute Gasteiger partial charge is 0.271 e. The molecular formula is C15H17ClN4O. The molecule has 1 N–H and O–H groups in total. The molecule has 2 heterocycles. The zero-order valence-electron chi connectivity index (χ0n) is 12.0. The van der Waals surface area contributed by atoms with Gasteiger partial charge in [-0.15, -0.1) is 0 Å². The van der Waals surface area contributed by atoms with E-state index in [9.17, 15) is 4.79 Å². The summed E-state index contributed by atoms with van der Waals surface area (Å²) in [7, 11) is 0. The molecule has 0 unspecified atom stereocenters. The van der Waals surface area contributed by atoms with Gasteiger partial charge >= 0.3 is 0 Å². The average Bonchev–Trinajstić information content (AvgIpc) is 2.48. The number of halogens is 1. The normalized spacial score (nSPS) is 10.7. The molecule has 21 heavy (non-hydrogen) atoms. The maximum Gasteiger partial charge on any atom is 0.271 e.